The number of hydrogen-bond donors (Lipinski definition) is 1. The molecule has 1 aliphatic heterocycles. The van der Waals surface area contributed by atoms with Crippen molar-refractivity contribution in [3.05, 3.63) is 0 Å². The Balaban J connectivity index is 1.82. The van der Waals surface area contributed by atoms with Gasteiger partial charge in [0.25, 0.3) is 0 Å². The van der Waals surface area contributed by atoms with E-state index in [0.29, 0.717) is 0 Å². The number of aliphatic hydroxyl groups excluding tert-OH is 1. The van der Waals surface area contributed by atoms with Crippen molar-refractivity contribution in [1.82, 2.24) is 4.90 Å². The zero-order valence-electron chi connectivity index (χ0n) is 8.79. The van der Waals surface area contributed by atoms with Crippen molar-refractivity contribution in [3.63, 3.8) is 0 Å². The van der Waals surface area contributed by atoms with Crippen LogP contribution in [-0.4, -0.2) is 35.7 Å². The van der Waals surface area contributed by atoms with Crippen LogP contribution in [0.1, 0.15) is 33.1 Å². The van der Waals surface area contributed by atoms with Gasteiger partial charge in [0, 0.05) is 25.0 Å². The van der Waals surface area contributed by atoms with E-state index in [1.54, 1.807) is 0 Å². The Hall–Kier alpha value is -0.0800. The summed E-state index contributed by atoms with van der Waals surface area (Å²) in [5.41, 5.74) is 0.115. The Morgan fingerprint density at radius 3 is 2.46 bits per heavy atom. The monoisotopic (exact) mass is 183 g/mol. The molecule has 1 heterocycles. The quantitative estimate of drug-likeness (QED) is 0.701. The zero-order chi connectivity index (χ0) is 9.47. The Labute approximate surface area is 80.9 Å². The summed E-state index contributed by atoms with van der Waals surface area (Å²) in [6, 6.07) is 0. The maximum atomic E-state index is 9.79. The van der Waals surface area contributed by atoms with Crippen LogP contribution < -0.4 is 0 Å². The van der Waals surface area contributed by atoms with E-state index in [9.17, 15) is 5.11 Å². The van der Waals surface area contributed by atoms with Gasteiger partial charge in [-0.2, -0.15) is 0 Å². The summed E-state index contributed by atoms with van der Waals surface area (Å²) in [6.45, 7) is 7.52. The lowest BCUT2D eigenvalue weighted by molar-refractivity contribution is 0.0951. The van der Waals surface area contributed by atoms with Gasteiger partial charge >= 0.3 is 0 Å². The number of rotatable bonds is 2. The summed E-state index contributed by atoms with van der Waals surface area (Å²) >= 11 is 0. The predicted octanol–water partition coefficient (Wildman–Crippen LogP) is 1.49. The third kappa shape index (κ3) is 1.89. The molecule has 1 N–H and O–H groups in total. The van der Waals surface area contributed by atoms with Crippen LogP contribution in [0.25, 0.3) is 0 Å². The molecule has 2 heteroatoms. The molecule has 1 saturated heterocycles. The molecule has 0 spiro atoms. The van der Waals surface area contributed by atoms with Gasteiger partial charge in [-0.05, 0) is 18.8 Å². The summed E-state index contributed by atoms with van der Waals surface area (Å²) in [7, 11) is 0. The van der Waals surface area contributed by atoms with Crippen molar-refractivity contribution in [2.24, 2.45) is 11.3 Å². The van der Waals surface area contributed by atoms with Crippen molar-refractivity contribution in [1.29, 1.82) is 0 Å². The van der Waals surface area contributed by atoms with Gasteiger partial charge in [0.2, 0.25) is 0 Å². The maximum Gasteiger partial charge on any atom is 0.0730 e. The van der Waals surface area contributed by atoms with Crippen LogP contribution in [0.3, 0.4) is 0 Å². The fraction of sp³-hybridized carbons (Fsp3) is 1.00. The van der Waals surface area contributed by atoms with Crippen LogP contribution in [-0.2, 0) is 0 Å². The number of likely N-dealkylation sites (tertiary alicyclic amines) is 1. The minimum absolute atomic E-state index is 0.115. The number of hydrogen-bond acceptors (Lipinski definition) is 2. The summed E-state index contributed by atoms with van der Waals surface area (Å²) < 4.78 is 0. The van der Waals surface area contributed by atoms with Gasteiger partial charge in [-0.3, -0.25) is 4.90 Å². The lowest BCUT2D eigenvalue weighted by Crippen LogP contribution is -2.31. The first-order valence-electron chi connectivity index (χ1n) is 5.48. The molecule has 1 saturated carbocycles. The molecule has 1 unspecified atom stereocenters. The molecule has 1 aliphatic carbocycles. The summed E-state index contributed by atoms with van der Waals surface area (Å²) in [4.78, 5) is 2.44. The molecule has 0 radical (unpaired) electrons. The highest BCUT2D eigenvalue weighted by molar-refractivity contribution is 4.91. The van der Waals surface area contributed by atoms with Crippen LogP contribution >= 0.6 is 0 Å². The average molecular weight is 183 g/mol. The fourth-order valence-electron chi connectivity index (χ4n) is 2.42. The number of aliphatic hydroxyl groups is 1. The van der Waals surface area contributed by atoms with Crippen LogP contribution in [0.2, 0.25) is 0 Å². The Morgan fingerprint density at radius 1 is 1.38 bits per heavy atom. The Bertz CT molecular complexity index is 187. The highest BCUT2D eigenvalue weighted by Gasteiger charge is 2.38. The largest absolute Gasteiger partial charge is 0.391 e. The molecular formula is C11H21NO. The normalized spacial score (nSPS) is 34.8. The van der Waals surface area contributed by atoms with Crippen molar-refractivity contribution >= 4 is 0 Å². The molecule has 1 atom stereocenters. The molecule has 2 aliphatic rings. The van der Waals surface area contributed by atoms with E-state index < -0.39 is 0 Å². The summed E-state index contributed by atoms with van der Waals surface area (Å²) in [5.74, 6) is 0.932. The summed E-state index contributed by atoms with van der Waals surface area (Å²) in [5, 5.41) is 9.79. The van der Waals surface area contributed by atoms with Crippen LogP contribution in [0.4, 0.5) is 0 Å². The van der Waals surface area contributed by atoms with Gasteiger partial charge in [-0.15, -0.1) is 0 Å². The van der Waals surface area contributed by atoms with Gasteiger partial charge < -0.3 is 5.11 Å². The average Bonchev–Trinajstić information content (AvgIpc) is 2.18. The van der Waals surface area contributed by atoms with E-state index in [-0.39, 0.29) is 11.5 Å². The molecule has 13 heavy (non-hydrogen) atoms. The lowest BCUT2D eigenvalue weighted by atomic mass is 9.85. The fourth-order valence-corrected chi connectivity index (χ4v) is 2.42. The first-order valence-corrected chi connectivity index (χ1v) is 5.48. The second kappa shape index (κ2) is 3.25. The van der Waals surface area contributed by atoms with E-state index in [1.165, 1.54) is 25.8 Å². The SMILES string of the molecule is CC1(C)CN(CC2CCC2)CC1O. The second-order valence-corrected chi connectivity index (χ2v) is 5.50. The molecule has 2 nitrogen and oxygen atoms in total. The third-order valence-electron chi connectivity index (χ3n) is 3.71. The Morgan fingerprint density at radius 2 is 2.08 bits per heavy atom. The van der Waals surface area contributed by atoms with Crippen LogP contribution in [0, 0.1) is 11.3 Å². The van der Waals surface area contributed by atoms with Crippen molar-refractivity contribution in [2.75, 3.05) is 19.6 Å². The maximum absolute atomic E-state index is 9.79. The molecule has 0 aromatic heterocycles. The standard InChI is InChI=1S/C11H21NO/c1-11(2)8-12(7-10(11)13)6-9-4-3-5-9/h9-10,13H,3-8H2,1-2H3. The van der Waals surface area contributed by atoms with Crippen molar-refractivity contribution in [3.8, 4) is 0 Å². The molecule has 0 bridgehead atoms. The number of nitrogens with zero attached hydrogens (tertiary/aromatic N) is 1. The molecular weight excluding hydrogens is 162 g/mol. The van der Waals surface area contributed by atoms with E-state index >= 15 is 0 Å². The van der Waals surface area contributed by atoms with E-state index in [4.69, 9.17) is 0 Å². The van der Waals surface area contributed by atoms with E-state index in [0.717, 1.165) is 19.0 Å². The van der Waals surface area contributed by atoms with E-state index in [1.807, 2.05) is 0 Å². The van der Waals surface area contributed by atoms with Gasteiger partial charge in [-0.1, -0.05) is 20.3 Å². The first-order chi connectivity index (χ1) is 6.08. The van der Waals surface area contributed by atoms with Gasteiger partial charge in [0.15, 0.2) is 0 Å². The van der Waals surface area contributed by atoms with Crippen LogP contribution in [0.5, 0.6) is 0 Å². The highest BCUT2D eigenvalue weighted by atomic mass is 16.3. The van der Waals surface area contributed by atoms with Crippen LogP contribution in [0.15, 0.2) is 0 Å². The molecule has 2 rings (SSSR count). The van der Waals surface area contributed by atoms with Gasteiger partial charge in [-0.25, -0.2) is 0 Å². The minimum atomic E-state index is -0.118. The Kier molecular flexibility index (Phi) is 2.37. The smallest absolute Gasteiger partial charge is 0.0730 e. The summed E-state index contributed by atoms with van der Waals surface area (Å²) in [6.07, 6.45) is 4.12. The minimum Gasteiger partial charge on any atom is -0.391 e. The van der Waals surface area contributed by atoms with E-state index in [2.05, 4.69) is 18.7 Å². The second-order valence-electron chi connectivity index (χ2n) is 5.50. The predicted molar refractivity (Wildman–Crippen MR) is 53.6 cm³/mol. The molecule has 0 aromatic rings. The lowest BCUT2D eigenvalue weighted by Gasteiger charge is -2.30. The molecule has 0 aromatic carbocycles. The molecule has 0 amide bonds. The third-order valence-corrected chi connectivity index (χ3v) is 3.71. The molecule has 2 fully saturated rings. The molecule has 76 valence electrons. The number of β-amino-alcohol motifs (C(OH)–C–C–N with tert-alkyl or cyclic N) is 1. The first kappa shape index (κ1) is 9.47. The topological polar surface area (TPSA) is 23.5 Å². The van der Waals surface area contributed by atoms with Gasteiger partial charge in [0.05, 0.1) is 6.10 Å². The van der Waals surface area contributed by atoms with Crippen molar-refractivity contribution in [2.45, 2.75) is 39.2 Å². The van der Waals surface area contributed by atoms with Crippen molar-refractivity contribution < 1.29 is 5.11 Å². The zero-order valence-corrected chi connectivity index (χ0v) is 8.79. The highest BCUT2D eigenvalue weighted by Crippen LogP contribution is 2.33. The van der Waals surface area contributed by atoms with Gasteiger partial charge in [0.1, 0.15) is 0 Å².